The lowest BCUT2D eigenvalue weighted by Crippen LogP contribution is -2.23. The van der Waals surface area contributed by atoms with Gasteiger partial charge in [0.25, 0.3) is 0 Å². The number of nitrogens with zero attached hydrogens (tertiary/aromatic N) is 2. The van der Waals surface area contributed by atoms with Gasteiger partial charge in [0.2, 0.25) is 0 Å². The van der Waals surface area contributed by atoms with Crippen molar-refractivity contribution in [1.29, 1.82) is 0 Å². The molecule has 1 heterocycles. The Bertz CT molecular complexity index is 417. The van der Waals surface area contributed by atoms with Crippen molar-refractivity contribution in [3.63, 3.8) is 0 Å². The highest BCUT2D eigenvalue weighted by Crippen LogP contribution is 2.38. The third-order valence-electron chi connectivity index (χ3n) is 3.78. The van der Waals surface area contributed by atoms with E-state index >= 15 is 0 Å². The highest BCUT2D eigenvalue weighted by Gasteiger charge is 2.32. The second-order valence-electron chi connectivity index (χ2n) is 6.23. The van der Waals surface area contributed by atoms with Crippen molar-refractivity contribution >= 4 is 0 Å². The first-order valence-corrected chi connectivity index (χ1v) is 6.90. The van der Waals surface area contributed by atoms with Gasteiger partial charge < -0.3 is 10.8 Å². The summed E-state index contributed by atoms with van der Waals surface area (Å²) in [5.74, 6) is 0.440. The number of aliphatic hydroxyl groups excluding tert-OH is 1. The summed E-state index contributed by atoms with van der Waals surface area (Å²) in [6.07, 6.45) is 3.40. The zero-order valence-electron chi connectivity index (χ0n) is 11.7. The van der Waals surface area contributed by atoms with E-state index < -0.39 is 0 Å². The molecule has 1 aromatic rings. The Morgan fingerprint density at radius 1 is 1.44 bits per heavy atom. The van der Waals surface area contributed by atoms with Gasteiger partial charge in [0.05, 0.1) is 18.8 Å². The normalized spacial score (nSPS) is 19.9. The molecule has 0 saturated carbocycles. The van der Waals surface area contributed by atoms with Crippen molar-refractivity contribution in [3.05, 3.63) is 17.0 Å². The van der Waals surface area contributed by atoms with Crippen molar-refractivity contribution in [2.75, 3.05) is 13.2 Å². The zero-order chi connectivity index (χ0) is 13.3. The summed E-state index contributed by atoms with van der Waals surface area (Å²) in [5.41, 5.74) is 9.80. The lowest BCUT2D eigenvalue weighted by molar-refractivity contribution is 0.266. The van der Waals surface area contributed by atoms with Crippen LogP contribution in [-0.2, 0) is 18.4 Å². The minimum Gasteiger partial charge on any atom is -0.394 e. The van der Waals surface area contributed by atoms with E-state index in [0.29, 0.717) is 19.0 Å². The molecule has 2 rings (SSSR count). The second kappa shape index (κ2) is 5.02. The van der Waals surface area contributed by atoms with E-state index in [2.05, 4.69) is 20.8 Å². The van der Waals surface area contributed by atoms with Gasteiger partial charge in [-0.25, -0.2) is 0 Å². The quantitative estimate of drug-likeness (QED) is 0.856. The predicted molar refractivity (Wildman–Crippen MR) is 72.7 cm³/mol. The minimum absolute atomic E-state index is 0.0373. The Morgan fingerprint density at radius 2 is 2.17 bits per heavy atom. The van der Waals surface area contributed by atoms with E-state index in [9.17, 15) is 5.11 Å². The molecule has 4 nitrogen and oxygen atoms in total. The number of hydrogen-bond acceptors (Lipinski definition) is 3. The third-order valence-corrected chi connectivity index (χ3v) is 3.78. The van der Waals surface area contributed by atoms with Crippen LogP contribution in [0, 0.1) is 0 Å². The van der Waals surface area contributed by atoms with Gasteiger partial charge in [0.1, 0.15) is 0 Å². The average Bonchev–Trinajstić information content (AvgIpc) is 2.68. The van der Waals surface area contributed by atoms with Crippen LogP contribution in [0.3, 0.4) is 0 Å². The lowest BCUT2D eigenvalue weighted by Gasteiger charge is -2.26. The van der Waals surface area contributed by atoms with Crippen LogP contribution in [0.15, 0.2) is 0 Å². The van der Waals surface area contributed by atoms with Crippen molar-refractivity contribution in [1.82, 2.24) is 9.78 Å². The highest BCUT2D eigenvalue weighted by molar-refractivity contribution is 5.36. The minimum atomic E-state index is 0.0373. The molecular weight excluding hydrogens is 226 g/mol. The first-order valence-electron chi connectivity index (χ1n) is 6.90. The van der Waals surface area contributed by atoms with E-state index in [1.54, 1.807) is 0 Å². The fraction of sp³-hybridized carbons (Fsp3) is 0.786. The molecule has 3 N–H and O–H groups in total. The van der Waals surface area contributed by atoms with Crippen LogP contribution in [0.4, 0.5) is 0 Å². The van der Waals surface area contributed by atoms with Gasteiger partial charge in [-0.1, -0.05) is 20.8 Å². The maximum Gasteiger partial charge on any atom is 0.0716 e. The molecule has 0 saturated heterocycles. The standard InChI is InChI=1S/C14H25N3O/c1-14(2,3)13-12-10(9-15)5-4-6-11(12)17(16-13)7-8-18/h10,18H,4-9,15H2,1-3H3. The molecule has 0 fully saturated rings. The van der Waals surface area contributed by atoms with Crippen LogP contribution < -0.4 is 5.73 Å². The number of hydrogen-bond donors (Lipinski definition) is 2. The molecule has 0 bridgehead atoms. The zero-order valence-corrected chi connectivity index (χ0v) is 11.7. The van der Waals surface area contributed by atoms with E-state index in [-0.39, 0.29) is 12.0 Å². The van der Waals surface area contributed by atoms with Gasteiger partial charge in [-0.15, -0.1) is 0 Å². The monoisotopic (exact) mass is 251 g/mol. The Morgan fingerprint density at radius 3 is 2.72 bits per heavy atom. The highest BCUT2D eigenvalue weighted by atomic mass is 16.3. The SMILES string of the molecule is CC(C)(C)c1nn(CCO)c2c1C(CN)CCC2. The molecule has 1 atom stereocenters. The van der Waals surface area contributed by atoms with Crippen LogP contribution in [0.5, 0.6) is 0 Å². The summed E-state index contributed by atoms with van der Waals surface area (Å²) in [7, 11) is 0. The van der Waals surface area contributed by atoms with E-state index in [1.807, 2.05) is 4.68 Å². The maximum atomic E-state index is 9.17. The van der Waals surface area contributed by atoms with Crippen LogP contribution >= 0.6 is 0 Å². The Kier molecular flexibility index (Phi) is 3.78. The first kappa shape index (κ1) is 13.6. The molecule has 0 aliphatic heterocycles. The third kappa shape index (κ3) is 2.31. The van der Waals surface area contributed by atoms with Crippen molar-refractivity contribution in [2.45, 2.75) is 57.9 Å². The topological polar surface area (TPSA) is 64.1 Å². The molecule has 1 aromatic heterocycles. The maximum absolute atomic E-state index is 9.17. The predicted octanol–water partition coefficient (Wildman–Crippen LogP) is 1.55. The van der Waals surface area contributed by atoms with Crippen molar-refractivity contribution in [3.8, 4) is 0 Å². The van der Waals surface area contributed by atoms with Crippen LogP contribution in [-0.4, -0.2) is 28.0 Å². The van der Waals surface area contributed by atoms with Crippen molar-refractivity contribution in [2.24, 2.45) is 5.73 Å². The van der Waals surface area contributed by atoms with Gasteiger partial charge in [-0.05, 0) is 31.7 Å². The fourth-order valence-electron chi connectivity index (χ4n) is 2.93. The van der Waals surface area contributed by atoms with Crippen LogP contribution in [0.25, 0.3) is 0 Å². The van der Waals surface area contributed by atoms with Gasteiger partial charge in [-0.2, -0.15) is 5.10 Å². The Balaban J connectivity index is 2.53. The van der Waals surface area contributed by atoms with Gasteiger partial charge >= 0.3 is 0 Å². The van der Waals surface area contributed by atoms with Crippen LogP contribution in [0.2, 0.25) is 0 Å². The van der Waals surface area contributed by atoms with E-state index in [1.165, 1.54) is 23.4 Å². The molecular formula is C14H25N3O. The molecule has 102 valence electrons. The summed E-state index contributed by atoms with van der Waals surface area (Å²) >= 11 is 0. The molecule has 0 radical (unpaired) electrons. The van der Waals surface area contributed by atoms with Crippen molar-refractivity contribution < 1.29 is 5.11 Å². The largest absolute Gasteiger partial charge is 0.394 e. The van der Waals surface area contributed by atoms with Gasteiger partial charge in [0, 0.05) is 16.7 Å². The molecule has 4 heteroatoms. The smallest absolute Gasteiger partial charge is 0.0716 e. The fourth-order valence-corrected chi connectivity index (χ4v) is 2.93. The molecule has 18 heavy (non-hydrogen) atoms. The summed E-state index contributed by atoms with van der Waals surface area (Å²) in [4.78, 5) is 0. The Labute approximate surface area is 109 Å². The van der Waals surface area contributed by atoms with Crippen LogP contribution in [0.1, 0.15) is 56.5 Å². The van der Waals surface area contributed by atoms with E-state index in [4.69, 9.17) is 10.8 Å². The molecule has 1 aliphatic rings. The summed E-state index contributed by atoms with van der Waals surface area (Å²) in [6, 6.07) is 0. The molecule has 1 unspecified atom stereocenters. The second-order valence-corrected chi connectivity index (χ2v) is 6.23. The Hall–Kier alpha value is -0.870. The average molecular weight is 251 g/mol. The number of aromatic nitrogens is 2. The van der Waals surface area contributed by atoms with Gasteiger partial charge in [-0.3, -0.25) is 4.68 Å². The summed E-state index contributed by atoms with van der Waals surface area (Å²) < 4.78 is 2.00. The molecule has 1 aliphatic carbocycles. The van der Waals surface area contributed by atoms with E-state index in [0.717, 1.165) is 12.8 Å². The number of nitrogens with two attached hydrogens (primary N) is 1. The molecule has 0 aromatic carbocycles. The summed E-state index contributed by atoms with van der Waals surface area (Å²) in [5, 5.41) is 13.9. The number of rotatable bonds is 3. The van der Waals surface area contributed by atoms with Gasteiger partial charge in [0.15, 0.2) is 0 Å². The molecule has 0 amide bonds. The molecule has 0 spiro atoms. The lowest BCUT2D eigenvalue weighted by atomic mass is 9.79. The summed E-state index contributed by atoms with van der Waals surface area (Å²) in [6.45, 7) is 8.02. The number of fused-ring (bicyclic) bond motifs is 1. The first-order chi connectivity index (χ1) is 8.49. The number of aliphatic hydroxyl groups is 1.